The van der Waals surface area contributed by atoms with Gasteiger partial charge in [-0.25, -0.2) is 0 Å². The summed E-state index contributed by atoms with van der Waals surface area (Å²) in [4.78, 5) is 13.7. The van der Waals surface area contributed by atoms with Gasteiger partial charge in [-0.3, -0.25) is 9.69 Å². The molecule has 16 heavy (non-hydrogen) atoms. The zero-order valence-electron chi connectivity index (χ0n) is 9.82. The molecule has 3 rings (SSSR count). The molecule has 0 aromatic carbocycles. The van der Waals surface area contributed by atoms with Crippen molar-refractivity contribution < 1.29 is 9.90 Å². The lowest BCUT2D eigenvalue weighted by atomic mass is 9.62. The molecule has 2 aliphatic carbocycles. The number of carbonyl (C=O) groups is 1. The van der Waals surface area contributed by atoms with Crippen LogP contribution in [0.2, 0.25) is 0 Å². The number of hydrogen-bond donors (Lipinski definition) is 1. The molecule has 3 nitrogen and oxygen atoms in total. The number of carboxylic acid groups (broad SMARTS) is 1. The predicted molar refractivity (Wildman–Crippen MR) is 61.2 cm³/mol. The van der Waals surface area contributed by atoms with Crippen LogP contribution in [0, 0.1) is 11.3 Å². The number of hydrogen-bond acceptors (Lipinski definition) is 2. The van der Waals surface area contributed by atoms with Gasteiger partial charge >= 0.3 is 5.97 Å². The lowest BCUT2D eigenvalue weighted by molar-refractivity contribution is -0.152. The Balaban J connectivity index is 1.62. The normalized spacial score (nSPS) is 37.8. The summed E-state index contributed by atoms with van der Waals surface area (Å²) >= 11 is 0. The lowest BCUT2D eigenvalue weighted by Crippen LogP contribution is -2.64. The Labute approximate surface area is 96.8 Å². The first-order valence-corrected chi connectivity index (χ1v) is 6.67. The van der Waals surface area contributed by atoms with Crippen LogP contribution >= 0.6 is 0 Å². The summed E-state index contributed by atoms with van der Waals surface area (Å²) in [5, 5.41) is 9.25. The minimum atomic E-state index is -0.570. The Bertz CT molecular complexity index is 290. The van der Waals surface area contributed by atoms with E-state index >= 15 is 0 Å². The third-order valence-electron chi connectivity index (χ3n) is 5.01. The van der Waals surface area contributed by atoms with Crippen molar-refractivity contribution in [1.29, 1.82) is 0 Å². The summed E-state index contributed by atoms with van der Waals surface area (Å²) in [6.45, 7) is 2.36. The molecular formula is C13H21NO2. The van der Waals surface area contributed by atoms with Crippen LogP contribution in [0.25, 0.3) is 0 Å². The highest BCUT2D eigenvalue weighted by Crippen LogP contribution is 2.50. The van der Waals surface area contributed by atoms with E-state index in [1.165, 1.54) is 38.8 Å². The third kappa shape index (κ3) is 1.56. The maximum atomic E-state index is 11.2. The first kappa shape index (κ1) is 10.6. The van der Waals surface area contributed by atoms with Gasteiger partial charge < -0.3 is 5.11 Å². The van der Waals surface area contributed by atoms with Crippen molar-refractivity contribution in [2.75, 3.05) is 13.1 Å². The Morgan fingerprint density at radius 3 is 2.38 bits per heavy atom. The highest BCUT2D eigenvalue weighted by Gasteiger charge is 2.51. The van der Waals surface area contributed by atoms with Gasteiger partial charge in [-0.2, -0.15) is 0 Å². The van der Waals surface area contributed by atoms with E-state index in [1.54, 1.807) is 0 Å². The number of rotatable bonds is 2. The van der Waals surface area contributed by atoms with Crippen molar-refractivity contribution in [2.24, 2.45) is 11.3 Å². The number of likely N-dealkylation sites (tertiary alicyclic amines) is 1. The Morgan fingerprint density at radius 2 is 1.81 bits per heavy atom. The zero-order valence-corrected chi connectivity index (χ0v) is 9.82. The first-order chi connectivity index (χ1) is 7.70. The zero-order chi connectivity index (χ0) is 11.2. The largest absolute Gasteiger partial charge is 0.481 e. The average molecular weight is 223 g/mol. The minimum absolute atomic E-state index is 0.0915. The summed E-state index contributed by atoms with van der Waals surface area (Å²) in [6, 6.07) is 0.345. The van der Waals surface area contributed by atoms with Gasteiger partial charge in [0.05, 0.1) is 5.92 Å². The molecule has 3 fully saturated rings. The van der Waals surface area contributed by atoms with Gasteiger partial charge in [0.2, 0.25) is 0 Å². The first-order valence-electron chi connectivity index (χ1n) is 6.67. The quantitative estimate of drug-likeness (QED) is 0.779. The maximum absolute atomic E-state index is 11.2. The molecule has 90 valence electrons. The molecule has 1 spiro atoms. The molecule has 3 aliphatic rings. The summed E-state index contributed by atoms with van der Waals surface area (Å²) < 4.78 is 0. The predicted octanol–water partition coefficient (Wildman–Crippen LogP) is 2.12. The highest BCUT2D eigenvalue weighted by molar-refractivity contribution is 5.71. The molecule has 1 N–H and O–H groups in total. The SMILES string of the molecule is O=C(O)C1CCCCC1N1CC2(CCC2)C1. The second-order valence-electron chi connectivity index (χ2n) is 6.06. The van der Waals surface area contributed by atoms with Crippen LogP contribution in [-0.4, -0.2) is 35.1 Å². The Kier molecular flexibility index (Phi) is 2.46. The van der Waals surface area contributed by atoms with E-state index in [1.807, 2.05) is 0 Å². The number of aliphatic carboxylic acids is 1. The van der Waals surface area contributed by atoms with Crippen molar-refractivity contribution in [3.8, 4) is 0 Å². The second kappa shape index (κ2) is 3.73. The third-order valence-corrected chi connectivity index (χ3v) is 5.01. The fourth-order valence-electron chi connectivity index (χ4n) is 3.88. The Hall–Kier alpha value is -0.570. The lowest BCUT2D eigenvalue weighted by Gasteiger charge is -2.59. The van der Waals surface area contributed by atoms with Crippen molar-refractivity contribution >= 4 is 5.97 Å². The second-order valence-corrected chi connectivity index (χ2v) is 6.06. The van der Waals surface area contributed by atoms with Crippen molar-refractivity contribution in [3.63, 3.8) is 0 Å². The smallest absolute Gasteiger partial charge is 0.308 e. The molecule has 0 amide bonds. The van der Waals surface area contributed by atoms with E-state index in [0.29, 0.717) is 11.5 Å². The van der Waals surface area contributed by atoms with Gasteiger partial charge in [-0.05, 0) is 31.1 Å². The molecule has 2 saturated carbocycles. The molecule has 1 heterocycles. The van der Waals surface area contributed by atoms with Crippen LogP contribution in [0.4, 0.5) is 0 Å². The summed E-state index contributed by atoms with van der Waals surface area (Å²) in [5.41, 5.74) is 0.625. The minimum Gasteiger partial charge on any atom is -0.481 e. The topological polar surface area (TPSA) is 40.5 Å². The molecule has 0 aromatic rings. The molecule has 2 unspecified atom stereocenters. The highest BCUT2D eigenvalue weighted by atomic mass is 16.4. The molecule has 0 bridgehead atoms. The fourth-order valence-corrected chi connectivity index (χ4v) is 3.88. The van der Waals surface area contributed by atoms with Crippen molar-refractivity contribution in [2.45, 2.75) is 51.0 Å². The van der Waals surface area contributed by atoms with Gasteiger partial charge in [0.1, 0.15) is 0 Å². The average Bonchev–Trinajstić information content (AvgIpc) is 2.14. The van der Waals surface area contributed by atoms with Gasteiger partial charge in [-0.15, -0.1) is 0 Å². The van der Waals surface area contributed by atoms with Gasteiger partial charge in [0.15, 0.2) is 0 Å². The van der Waals surface area contributed by atoms with Crippen LogP contribution in [0.3, 0.4) is 0 Å². The molecular weight excluding hydrogens is 202 g/mol. The number of carboxylic acids is 1. The van der Waals surface area contributed by atoms with Crippen LogP contribution in [-0.2, 0) is 4.79 Å². The number of nitrogens with zero attached hydrogens (tertiary/aromatic N) is 1. The van der Waals surface area contributed by atoms with E-state index in [0.717, 1.165) is 19.3 Å². The van der Waals surface area contributed by atoms with E-state index < -0.39 is 5.97 Å². The maximum Gasteiger partial charge on any atom is 0.308 e. The van der Waals surface area contributed by atoms with Crippen LogP contribution < -0.4 is 0 Å². The molecule has 1 saturated heterocycles. The van der Waals surface area contributed by atoms with E-state index in [-0.39, 0.29) is 5.92 Å². The van der Waals surface area contributed by atoms with Crippen LogP contribution in [0.5, 0.6) is 0 Å². The van der Waals surface area contributed by atoms with Gasteiger partial charge in [0, 0.05) is 19.1 Å². The monoisotopic (exact) mass is 223 g/mol. The molecule has 3 heteroatoms. The fraction of sp³-hybridized carbons (Fsp3) is 0.923. The summed E-state index contributed by atoms with van der Waals surface area (Å²) in [5.74, 6) is -0.662. The van der Waals surface area contributed by atoms with Crippen molar-refractivity contribution in [3.05, 3.63) is 0 Å². The summed E-state index contributed by atoms with van der Waals surface area (Å²) in [6.07, 6.45) is 8.48. The van der Waals surface area contributed by atoms with E-state index in [4.69, 9.17) is 0 Å². The molecule has 1 aliphatic heterocycles. The van der Waals surface area contributed by atoms with Gasteiger partial charge in [0.25, 0.3) is 0 Å². The molecule has 2 atom stereocenters. The van der Waals surface area contributed by atoms with Crippen LogP contribution in [0.15, 0.2) is 0 Å². The molecule has 0 radical (unpaired) electrons. The van der Waals surface area contributed by atoms with E-state index in [9.17, 15) is 9.90 Å². The van der Waals surface area contributed by atoms with Crippen molar-refractivity contribution in [1.82, 2.24) is 4.90 Å². The van der Waals surface area contributed by atoms with E-state index in [2.05, 4.69) is 4.90 Å². The Morgan fingerprint density at radius 1 is 1.12 bits per heavy atom. The standard InChI is InChI=1S/C13H21NO2/c15-12(16)10-4-1-2-5-11(10)14-8-13(9-14)6-3-7-13/h10-11H,1-9H2,(H,15,16). The molecule has 0 aromatic heterocycles. The van der Waals surface area contributed by atoms with Gasteiger partial charge in [-0.1, -0.05) is 19.3 Å². The summed E-state index contributed by atoms with van der Waals surface area (Å²) in [7, 11) is 0. The van der Waals surface area contributed by atoms with Crippen LogP contribution in [0.1, 0.15) is 44.9 Å².